The first kappa shape index (κ1) is 33.2. The number of likely N-dealkylation sites (tertiary alicyclic amines) is 2. The smallest absolute Gasteiger partial charge is 0.238 e. The molecule has 1 spiro atoms. The number of imidazole rings is 1. The van der Waals surface area contributed by atoms with Crippen LogP contribution in [0.2, 0.25) is 0 Å². The van der Waals surface area contributed by atoms with Gasteiger partial charge in [0.25, 0.3) is 0 Å². The third-order valence-electron chi connectivity index (χ3n) is 13.6. The number of ether oxygens (including phenoxy) is 1. The fourth-order valence-electron chi connectivity index (χ4n) is 10.1. The van der Waals surface area contributed by atoms with Gasteiger partial charge in [-0.1, -0.05) is 12.1 Å². The number of rotatable bonds is 7. The Bertz CT molecular complexity index is 2120. The molecule has 5 fully saturated rings. The molecule has 11 nitrogen and oxygen atoms in total. The van der Waals surface area contributed by atoms with E-state index in [2.05, 4.69) is 52.1 Å². The van der Waals surface area contributed by atoms with Crippen molar-refractivity contribution in [1.29, 1.82) is 0 Å². The number of hydrogen-bond donors (Lipinski definition) is 1. The number of fused-ring (bicyclic) bond motifs is 4. The van der Waals surface area contributed by atoms with Gasteiger partial charge in [0.2, 0.25) is 11.8 Å². The van der Waals surface area contributed by atoms with Crippen molar-refractivity contribution in [3.05, 3.63) is 60.4 Å². The maximum Gasteiger partial charge on any atom is 0.238 e. The Kier molecular flexibility index (Phi) is 7.54. The number of nitrogens with one attached hydrogen (secondary N) is 1. The van der Waals surface area contributed by atoms with Gasteiger partial charge in [-0.15, -0.1) is 0 Å². The van der Waals surface area contributed by atoms with E-state index < -0.39 is 16.6 Å². The Morgan fingerprint density at radius 3 is 2.45 bits per heavy atom. The Morgan fingerprint density at radius 2 is 1.79 bits per heavy atom. The second-order valence-electron chi connectivity index (χ2n) is 17.1. The molecule has 2 saturated carbocycles. The van der Waals surface area contributed by atoms with Gasteiger partial charge < -0.3 is 24.4 Å². The van der Waals surface area contributed by atoms with Crippen LogP contribution in [0.5, 0.6) is 0 Å². The van der Waals surface area contributed by atoms with E-state index >= 15 is 0 Å². The summed E-state index contributed by atoms with van der Waals surface area (Å²) < 4.78 is 22.3. The van der Waals surface area contributed by atoms with Gasteiger partial charge in [0.15, 0.2) is 11.6 Å². The highest BCUT2D eigenvalue weighted by atomic mass is 19.1. The molecular formula is C41H47FN8O3. The first-order valence-electron chi connectivity index (χ1n) is 19.5. The minimum absolute atomic E-state index is 0.111. The number of amides is 2. The zero-order valence-electron chi connectivity index (χ0n) is 30.7. The number of anilines is 3. The number of halogens is 1. The molecule has 6 aliphatic rings. The zero-order chi connectivity index (χ0) is 36.2. The van der Waals surface area contributed by atoms with E-state index in [0.29, 0.717) is 56.7 Å². The molecule has 0 bridgehead atoms. The van der Waals surface area contributed by atoms with Crippen LogP contribution in [0, 0.1) is 23.1 Å². The minimum Gasteiger partial charge on any atom is -0.379 e. The molecular weight excluding hydrogens is 672 g/mol. The average molecular weight is 719 g/mol. The molecule has 7 heterocycles. The number of carbonyl (C=O) groups excluding carboxylic acids is 2. The quantitative estimate of drug-likeness (QED) is 0.245. The van der Waals surface area contributed by atoms with Crippen LogP contribution >= 0.6 is 0 Å². The fourth-order valence-corrected chi connectivity index (χ4v) is 10.1. The highest BCUT2D eigenvalue weighted by Gasteiger charge is 2.57. The lowest BCUT2D eigenvalue weighted by atomic mass is 9.72. The maximum absolute atomic E-state index is 14.9. The van der Waals surface area contributed by atoms with Crippen molar-refractivity contribution in [1.82, 2.24) is 29.3 Å². The highest BCUT2D eigenvalue weighted by molar-refractivity contribution is 6.09. The van der Waals surface area contributed by atoms with E-state index in [1.165, 1.54) is 32.1 Å². The molecule has 2 aliphatic carbocycles. The molecule has 2 atom stereocenters. The van der Waals surface area contributed by atoms with Gasteiger partial charge in [-0.3, -0.25) is 19.5 Å². The predicted octanol–water partition coefficient (Wildman–Crippen LogP) is 6.07. The Hall–Kier alpha value is -4.42. The fraction of sp³-hybridized carbons (Fsp3) is 0.537. The second-order valence-corrected chi connectivity index (χ2v) is 17.1. The number of nitrogens with zero attached hydrogens (tertiary/aromatic N) is 7. The zero-order valence-corrected chi connectivity index (χ0v) is 30.7. The van der Waals surface area contributed by atoms with Gasteiger partial charge in [-0.25, -0.2) is 14.4 Å². The number of pyridine rings is 2. The van der Waals surface area contributed by atoms with Crippen LogP contribution in [0.25, 0.3) is 22.3 Å². The summed E-state index contributed by atoms with van der Waals surface area (Å²) in [7, 11) is 0. The van der Waals surface area contributed by atoms with Gasteiger partial charge in [-0.05, 0) is 94.9 Å². The Balaban J connectivity index is 1.01. The van der Waals surface area contributed by atoms with E-state index in [4.69, 9.17) is 14.7 Å². The van der Waals surface area contributed by atoms with Crippen LogP contribution in [0.1, 0.15) is 70.9 Å². The predicted molar refractivity (Wildman–Crippen MR) is 199 cm³/mol. The van der Waals surface area contributed by atoms with Crippen LogP contribution < -0.4 is 10.2 Å². The van der Waals surface area contributed by atoms with E-state index in [9.17, 15) is 14.0 Å². The van der Waals surface area contributed by atoms with Crippen LogP contribution in [-0.2, 0) is 19.7 Å². The van der Waals surface area contributed by atoms with Crippen LogP contribution in [0.3, 0.4) is 0 Å². The molecule has 12 heteroatoms. The van der Waals surface area contributed by atoms with Crippen molar-refractivity contribution >= 4 is 40.0 Å². The lowest BCUT2D eigenvalue weighted by Crippen LogP contribution is -2.59. The van der Waals surface area contributed by atoms with Crippen LogP contribution in [0.15, 0.2) is 49.1 Å². The normalized spacial score (nSPS) is 27.1. The largest absolute Gasteiger partial charge is 0.379 e. The lowest BCUT2D eigenvalue weighted by molar-refractivity contribution is -0.170. The molecule has 3 saturated heterocycles. The Labute approximate surface area is 308 Å². The first-order valence-corrected chi connectivity index (χ1v) is 19.5. The standard InChI is InChI=1S/C41H47FN8O3/c1-24(2)49-23-44-34-17-33(46-37(36(34)49)45-32-8-11-43-18-31(32)42)25-6-7-30-35(14-25)50(29-15-28(16-29)48-19-26-4-5-27(26)20-48)39(52)41(30)9-12-47(13-10-41)38(51)40(3)21-53-22-40/h6-8,11,14,17-18,23-24,26-29H,4-5,9-10,12-13,15-16,19-22H2,1-3H3,(H,43,45,46)/t26-,27+,28?,29?. The summed E-state index contributed by atoms with van der Waals surface area (Å²) in [5.74, 6) is 2.07. The highest BCUT2D eigenvalue weighted by Crippen LogP contribution is 2.53. The summed E-state index contributed by atoms with van der Waals surface area (Å²) in [4.78, 5) is 48.9. The van der Waals surface area contributed by atoms with Crippen molar-refractivity contribution in [2.45, 2.75) is 82.8 Å². The molecule has 0 radical (unpaired) electrons. The third-order valence-corrected chi connectivity index (χ3v) is 13.6. The topological polar surface area (TPSA) is 109 Å². The number of benzene rings is 1. The summed E-state index contributed by atoms with van der Waals surface area (Å²) >= 11 is 0. The number of carbonyl (C=O) groups is 2. The maximum atomic E-state index is 14.9. The summed E-state index contributed by atoms with van der Waals surface area (Å²) in [6.45, 7) is 10.6. The monoisotopic (exact) mass is 718 g/mol. The number of hydrogen-bond acceptors (Lipinski definition) is 8. The van der Waals surface area contributed by atoms with Gasteiger partial charge in [0.1, 0.15) is 5.52 Å². The molecule has 4 aromatic rings. The van der Waals surface area contributed by atoms with Gasteiger partial charge in [-0.2, -0.15) is 0 Å². The second kappa shape index (κ2) is 12.0. The van der Waals surface area contributed by atoms with Crippen molar-refractivity contribution in [3.63, 3.8) is 0 Å². The summed E-state index contributed by atoms with van der Waals surface area (Å²) in [6.07, 6.45) is 10.4. The van der Waals surface area contributed by atoms with Gasteiger partial charge in [0, 0.05) is 61.8 Å². The molecule has 276 valence electrons. The molecule has 1 N–H and O–H groups in total. The van der Waals surface area contributed by atoms with Gasteiger partial charge >= 0.3 is 0 Å². The molecule has 2 amide bonds. The van der Waals surface area contributed by atoms with E-state index in [0.717, 1.165) is 52.5 Å². The average Bonchev–Trinajstić information content (AvgIpc) is 3.75. The van der Waals surface area contributed by atoms with Crippen LogP contribution in [-0.4, -0.2) is 92.6 Å². The molecule has 0 unspecified atom stereocenters. The molecule has 10 rings (SSSR count). The Morgan fingerprint density at radius 1 is 1.04 bits per heavy atom. The molecule has 4 aliphatic heterocycles. The summed E-state index contributed by atoms with van der Waals surface area (Å²) in [6, 6.07) is 10.7. The molecule has 1 aromatic carbocycles. The van der Waals surface area contributed by atoms with Crippen molar-refractivity contribution in [2.24, 2.45) is 17.3 Å². The number of aromatic nitrogens is 4. The van der Waals surface area contributed by atoms with E-state index in [1.807, 2.05) is 22.5 Å². The molecule has 3 aromatic heterocycles. The van der Waals surface area contributed by atoms with E-state index in [-0.39, 0.29) is 29.6 Å². The number of piperidine rings is 1. The SMILES string of the molecule is CC(C)n1cnc2cc(-c3ccc4c(c3)N(C3CC(N5C[C@H]6CC[C@H]6C5)C3)C(=O)C43CCN(C(=O)C4(C)COC4)CC3)nc(Nc3ccncc3F)c21. The minimum atomic E-state index is -0.668. The summed E-state index contributed by atoms with van der Waals surface area (Å²) in [5, 5.41) is 3.24. The lowest BCUT2D eigenvalue weighted by Gasteiger charge is -2.47. The third kappa shape index (κ3) is 5.07. The van der Waals surface area contributed by atoms with Gasteiger partial charge in [0.05, 0.1) is 53.5 Å². The van der Waals surface area contributed by atoms with Crippen LogP contribution in [0.4, 0.5) is 21.6 Å². The van der Waals surface area contributed by atoms with Crippen molar-refractivity contribution in [3.8, 4) is 11.3 Å². The van der Waals surface area contributed by atoms with E-state index in [1.54, 1.807) is 18.6 Å². The van der Waals surface area contributed by atoms with Crippen molar-refractivity contribution in [2.75, 3.05) is 49.6 Å². The van der Waals surface area contributed by atoms with Crippen molar-refractivity contribution < 1.29 is 18.7 Å². The summed E-state index contributed by atoms with van der Waals surface area (Å²) in [5.41, 5.74) is 4.26. The first-order chi connectivity index (χ1) is 25.6. The molecule has 53 heavy (non-hydrogen) atoms.